The van der Waals surface area contributed by atoms with Gasteiger partial charge in [-0.15, -0.1) is 24.8 Å². The Morgan fingerprint density at radius 2 is 2.00 bits per heavy atom. The fourth-order valence-electron chi connectivity index (χ4n) is 4.00. The first-order valence-electron chi connectivity index (χ1n) is 9.40. The van der Waals surface area contributed by atoms with Crippen molar-refractivity contribution in [3.05, 3.63) is 41.6 Å². The molecule has 1 atom stereocenters. The summed E-state index contributed by atoms with van der Waals surface area (Å²) in [5.74, 6) is 0.144. The molecule has 0 saturated carbocycles. The van der Waals surface area contributed by atoms with Gasteiger partial charge < -0.3 is 21.1 Å². The van der Waals surface area contributed by atoms with Gasteiger partial charge in [-0.2, -0.15) is 0 Å². The maximum Gasteiger partial charge on any atom is 0.251 e. The molecule has 1 aromatic carbocycles. The molecule has 1 spiro atoms. The predicted molar refractivity (Wildman–Crippen MR) is 118 cm³/mol. The molecule has 0 radical (unpaired) electrons. The number of nitrogens with one attached hydrogen (secondary N) is 2. The van der Waals surface area contributed by atoms with Crippen LogP contribution in [0.1, 0.15) is 35.3 Å². The lowest BCUT2D eigenvalue weighted by molar-refractivity contribution is -0.0194. The van der Waals surface area contributed by atoms with Crippen molar-refractivity contribution in [3.63, 3.8) is 0 Å². The molecule has 2 aromatic rings. The molecule has 1 amide bonds. The van der Waals surface area contributed by atoms with E-state index in [0.29, 0.717) is 17.9 Å². The van der Waals surface area contributed by atoms with E-state index >= 15 is 0 Å². The molecular formula is C20H27Cl2N5O2. The normalized spacial score (nSPS) is 19.8. The first-order chi connectivity index (χ1) is 13.0. The van der Waals surface area contributed by atoms with Gasteiger partial charge in [-0.25, -0.2) is 9.97 Å². The lowest BCUT2D eigenvalue weighted by Gasteiger charge is -2.32. The van der Waals surface area contributed by atoms with Gasteiger partial charge in [-0.3, -0.25) is 4.79 Å². The zero-order valence-corrected chi connectivity index (χ0v) is 17.9. The molecule has 1 aromatic heterocycles. The molecule has 0 bridgehead atoms. The minimum absolute atomic E-state index is 0. The summed E-state index contributed by atoms with van der Waals surface area (Å²) in [5, 5.41) is 6.49. The van der Waals surface area contributed by atoms with Gasteiger partial charge in [0.25, 0.3) is 5.91 Å². The van der Waals surface area contributed by atoms with Gasteiger partial charge in [0.2, 0.25) is 5.95 Å². The van der Waals surface area contributed by atoms with Crippen LogP contribution in [-0.4, -0.2) is 47.2 Å². The number of nitrogens with zero attached hydrogens (tertiary/aromatic N) is 2. The summed E-state index contributed by atoms with van der Waals surface area (Å²) in [6.45, 7) is 4.40. The maximum absolute atomic E-state index is 12.8. The number of amides is 1. The van der Waals surface area contributed by atoms with Crippen LogP contribution in [0.4, 0.5) is 5.95 Å². The average Bonchev–Trinajstić information content (AvgIpc) is 3.03. The van der Waals surface area contributed by atoms with Gasteiger partial charge >= 0.3 is 0 Å². The molecule has 2 aliphatic rings. The number of ether oxygens (including phenoxy) is 1. The minimum Gasteiger partial charge on any atom is -0.373 e. The Hall–Kier alpha value is -1.93. The number of halogens is 2. The van der Waals surface area contributed by atoms with Gasteiger partial charge in [-0.05, 0) is 57.5 Å². The Morgan fingerprint density at radius 1 is 1.24 bits per heavy atom. The number of rotatable bonds is 3. The number of hydrogen-bond acceptors (Lipinski definition) is 6. The highest BCUT2D eigenvalue weighted by Crippen LogP contribution is 2.34. The molecule has 29 heavy (non-hydrogen) atoms. The molecule has 1 unspecified atom stereocenters. The monoisotopic (exact) mass is 439 g/mol. The van der Waals surface area contributed by atoms with Gasteiger partial charge in [0, 0.05) is 16.8 Å². The van der Waals surface area contributed by atoms with E-state index in [9.17, 15) is 4.79 Å². The Morgan fingerprint density at radius 3 is 2.72 bits per heavy atom. The summed E-state index contributed by atoms with van der Waals surface area (Å²) < 4.78 is 6.06. The Kier molecular flexibility index (Phi) is 7.82. The van der Waals surface area contributed by atoms with Crippen LogP contribution in [0, 0.1) is 6.92 Å². The number of anilines is 1. The fourth-order valence-corrected chi connectivity index (χ4v) is 4.00. The summed E-state index contributed by atoms with van der Waals surface area (Å²) in [4.78, 5) is 21.1. The number of nitrogens with two attached hydrogens (primary N) is 1. The van der Waals surface area contributed by atoms with Gasteiger partial charge in [-0.1, -0.05) is 12.1 Å². The molecule has 3 heterocycles. The third-order valence-corrected chi connectivity index (χ3v) is 5.35. The van der Waals surface area contributed by atoms with E-state index in [1.807, 2.05) is 37.3 Å². The van der Waals surface area contributed by atoms with Gasteiger partial charge in [0.15, 0.2) is 0 Å². The highest BCUT2D eigenvalue weighted by molar-refractivity contribution is 5.95. The van der Waals surface area contributed by atoms with E-state index < -0.39 is 0 Å². The summed E-state index contributed by atoms with van der Waals surface area (Å²) in [5.41, 5.74) is 8.64. The molecule has 0 aliphatic carbocycles. The Labute approximate surface area is 183 Å². The number of nitrogen functional groups attached to an aromatic ring is 1. The van der Waals surface area contributed by atoms with Crippen LogP contribution in [-0.2, 0) is 4.74 Å². The molecule has 2 fully saturated rings. The number of carbonyl (C=O) groups is 1. The van der Waals surface area contributed by atoms with Gasteiger partial charge in [0.1, 0.15) is 0 Å². The second-order valence-electron chi connectivity index (χ2n) is 7.45. The number of piperidine rings is 1. The van der Waals surface area contributed by atoms with Crippen molar-refractivity contribution in [1.29, 1.82) is 0 Å². The van der Waals surface area contributed by atoms with Crippen LogP contribution in [0.15, 0.2) is 30.3 Å². The quantitative estimate of drug-likeness (QED) is 0.678. The molecule has 2 aliphatic heterocycles. The first-order valence-corrected chi connectivity index (χ1v) is 9.40. The Balaban J connectivity index is 0.00000150. The van der Waals surface area contributed by atoms with E-state index in [-0.39, 0.29) is 48.3 Å². The number of benzene rings is 1. The number of aryl methyl sites for hydroxylation is 1. The highest BCUT2D eigenvalue weighted by Gasteiger charge is 2.41. The number of aromatic nitrogens is 2. The summed E-state index contributed by atoms with van der Waals surface area (Å²) in [7, 11) is 0. The van der Waals surface area contributed by atoms with Crippen LogP contribution in [0.3, 0.4) is 0 Å². The minimum atomic E-state index is -0.0878. The predicted octanol–water partition coefficient (Wildman–Crippen LogP) is 2.52. The molecule has 4 rings (SSSR count). The van der Waals surface area contributed by atoms with Gasteiger partial charge in [0.05, 0.1) is 23.9 Å². The lowest BCUT2D eigenvalue weighted by Crippen LogP contribution is -2.43. The summed E-state index contributed by atoms with van der Waals surface area (Å²) in [6.07, 6.45) is 2.88. The second kappa shape index (κ2) is 9.71. The van der Waals surface area contributed by atoms with E-state index in [1.165, 1.54) is 0 Å². The molecule has 7 nitrogen and oxygen atoms in total. The zero-order valence-electron chi connectivity index (χ0n) is 16.3. The van der Waals surface area contributed by atoms with E-state index in [2.05, 4.69) is 20.6 Å². The topological polar surface area (TPSA) is 102 Å². The number of hydrogen-bond donors (Lipinski definition) is 3. The molecular weight excluding hydrogens is 413 g/mol. The summed E-state index contributed by atoms with van der Waals surface area (Å²) >= 11 is 0. The Bertz CT molecular complexity index is 838. The summed E-state index contributed by atoms with van der Waals surface area (Å²) in [6, 6.07) is 9.34. The third-order valence-electron chi connectivity index (χ3n) is 5.35. The van der Waals surface area contributed by atoms with Crippen molar-refractivity contribution in [1.82, 2.24) is 20.6 Å². The van der Waals surface area contributed by atoms with Crippen molar-refractivity contribution < 1.29 is 9.53 Å². The number of carbonyl (C=O) groups excluding carboxylic acids is 1. The highest BCUT2D eigenvalue weighted by atomic mass is 35.5. The average molecular weight is 440 g/mol. The smallest absolute Gasteiger partial charge is 0.251 e. The third kappa shape index (κ3) is 5.36. The molecule has 158 valence electrons. The van der Waals surface area contributed by atoms with Crippen molar-refractivity contribution in [2.45, 2.75) is 37.8 Å². The van der Waals surface area contributed by atoms with Crippen LogP contribution >= 0.6 is 24.8 Å². The lowest BCUT2D eigenvalue weighted by atomic mass is 9.88. The second-order valence-corrected chi connectivity index (χ2v) is 7.45. The standard InChI is InChI=1S/C20H25N5O2.2ClH/c1-13-9-17(25-19(21)23-13)14-3-2-4-15(10-14)18(26)24-16-11-20(27-12-16)5-7-22-8-6-20;;/h2-4,9-10,16,22H,5-8,11-12H2,1H3,(H,24,26)(H2,21,23,25);2*1H. The zero-order chi connectivity index (χ0) is 18.9. The molecule has 4 N–H and O–H groups in total. The first kappa shape index (κ1) is 23.3. The van der Waals surface area contributed by atoms with E-state index in [4.69, 9.17) is 10.5 Å². The maximum atomic E-state index is 12.8. The van der Waals surface area contributed by atoms with Crippen molar-refractivity contribution in [3.8, 4) is 11.3 Å². The van der Waals surface area contributed by atoms with Crippen LogP contribution in [0.25, 0.3) is 11.3 Å². The molecule has 9 heteroatoms. The SMILES string of the molecule is Cc1cc(-c2cccc(C(=O)NC3COC4(CCNCC4)C3)c2)nc(N)n1.Cl.Cl. The van der Waals surface area contributed by atoms with Crippen LogP contribution < -0.4 is 16.4 Å². The van der Waals surface area contributed by atoms with E-state index in [0.717, 1.165) is 43.6 Å². The van der Waals surface area contributed by atoms with Crippen molar-refractivity contribution in [2.24, 2.45) is 0 Å². The fraction of sp³-hybridized carbons (Fsp3) is 0.450. The van der Waals surface area contributed by atoms with Crippen molar-refractivity contribution in [2.75, 3.05) is 25.4 Å². The van der Waals surface area contributed by atoms with E-state index in [1.54, 1.807) is 0 Å². The molecule has 2 saturated heterocycles. The largest absolute Gasteiger partial charge is 0.373 e. The van der Waals surface area contributed by atoms with Crippen molar-refractivity contribution >= 4 is 36.7 Å². The van der Waals surface area contributed by atoms with Crippen LogP contribution in [0.5, 0.6) is 0 Å². The van der Waals surface area contributed by atoms with Crippen LogP contribution in [0.2, 0.25) is 0 Å².